The molecule has 0 bridgehead atoms. The van der Waals surface area contributed by atoms with Gasteiger partial charge in [-0.3, -0.25) is 9.59 Å². The van der Waals surface area contributed by atoms with Gasteiger partial charge in [-0.25, -0.2) is 0 Å². The molecular weight excluding hydrogens is 228 g/mol. The van der Waals surface area contributed by atoms with E-state index in [2.05, 4.69) is 6.92 Å². The van der Waals surface area contributed by atoms with Crippen LogP contribution in [0.4, 0.5) is 0 Å². The molecule has 0 aliphatic heterocycles. The normalized spacial score (nSPS) is 10.1. The molecule has 0 aliphatic carbocycles. The van der Waals surface area contributed by atoms with Crippen LogP contribution in [0.15, 0.2) is 24.3 Å². The van der Waals surface area contributed by atoms with E-state index in [1.807, 2.05) is 0 Å². The van der Waals surface area contributed by atoms with Crippen LogP contribution in [-0.2, 0) is 4.79 Å². The zero-order valence-electron chi connectivity index (χ0n) is 10.9. The van der Waals surface area contributed by atoms with Crippen LogP contribution >= 0.6 is 0 Å². The molecule has 18 heavy (non-hydrogen) atoms. The van der Waals surface area contributed by atoms with Crippen molar-refractivity contribution in [3.05, 3.63) is 29.8 Å². The smallest absolute Gasteiger partial charge is 0.311 e. The lowest BCUT2D eigenvalue weighted by atomic mass is 10.1. The number of hydrogen-bond donors (Lipinski definition) is 0. The van der Waals surface area contributed by atoms with Gasteiger partial charge in [-0.2, -0.15) is 0 Å². The average molecular weight is 248 g/mol. The van der Waals surface area contributed by atoms with E-state index < -0.39 is 0 Å². The van der Waals surface area contributed by atoms with Crippen molar-refractivity contribution in [3.8, 4) is 5.75 Å². The Balaban J connectivity index is 2.24. The summed E-state index contributed by atoms with van der Waals surface area (Å²) in [4.78, 5) is 22.0. The van der Waals surface area contributed by atoms with Gasteiger partial charge in [-0.15, -0.1) is 0 Å². The Labute approximate surface area is 108 Å². The zero-order chi connectivity index (χ0) is 13.2. The lowest BCUT2D eigenvalue weighted by Crippen LogP contribution is -2.07. The van der Waals surface area contributed by atoms with E-state index in [4.69, 9.17) is 4.74 Å². The fourth-order valence-corrected chi connectivity index (χ4v) is 1.67. The van der Waals surface area contributed by atoms with Crippen molar-refractivity contribution in [2.24, 2.45) is 0 Å². The number of rotatable bonds is 8. The van der Waals surface area contributed by atoms with Gasteiger partial charge in [0.15, 0.2) is 0 Å². The van der Waals surface area contributed by atoms with Crippen LogP contribution in [-0.4, -0.2) is 12.3 Å². The van der Waals surface area contributed by atoms with Gasteiger partial charge in [0.25, 0.3) is 0 Å². The number of hydrogen-bond acceptors (Lipinski definition) is 3. The van der Waals surface area contributed by atoms with Gasteiger partial charge < -0.3 is 4.74 Å². The van der Waals surface area contributed by atoms with Crippen LogP contribution in [0.3, 0.4) is 0 Å². The molecule has 0 saturated heterocycles. The molecule has 3 nitrogen and oxygen atoms in total. The van der Waals surface area contributed by atoms with E-state index in [1.165, 1.54) is 19.3 Å². The molecule has 0 atom stereocenters. The third-order valence-electron chi connectivity index (χ3n) is 2.73. The van der Waals surface area contributed by atoms with Gasteiger partial charge in [0, 0.05) is 12.0 Å². The first-order valence-electron chi connectivity index (χ1n) is 6.52. The van der Waals surface area contributed by atoms with E-state index in [0.29, 0.717) is 17.7 Å². The molecular formula is C15H20O3. The van der Waals surface area contributed by atoms with E-state index in [-0.39, 0.29) is 5.97 Å². The van der Waals surface area contributed by atoms with E-state index >= 15 is 0 Å². The Hall–Kier alpha value is -1.64. The maximum atomic E-state index is 11.5. The number of esters is 1. The molecule has 0 fully saturated rings. The molecule has 0 N–H and O–H groups in total. The number of benzene rings is 1. The molecule has 0 heterocycles. The monoisotopic (exact) mass is 248 g/mol. The molecule has 0 unspecified atom stereocenters. The van der Waals surface area contributed by atoms with Crippen LogP contribution in [0.2, 0.25) is 0 Å². The van der Waals surface area contributed by atoms with E-state index in [9.17, 15) is 9.59 Å². The second-order valence-electron chi connectivity index (χ2n) is 4.33. The standard InChI is InChI=1S/C15H20O3/c1-2-3-4-5-6-7-15(17)18-14-10-8-13(12-16)9-11-14/h8-12H,2-7H2,1H3. The van der Waals surface area contributed by atoms with Gasteiger partial charge in [0.05, 0.1) is 0 Å². The highest BCUT2D eigenvalue weighted by Crippen LogP contribution is 2.13. The molecule has 1 rings (SSSR count). The van der Waals surface area contributed by atoms with Crippen LogP contribution in [0, 0.1) is 0 Å². The minimum absolute atomic E-state index is 0.203. The topological polar surface area (TPSA) is 43.4 Å². The Morgan fingerprint density at radius 3 is 2.39 bits per heavy atom. The van der Waals surface area contributed by atoms with Crippen molar-refractivity contribution < 1.29 is 14.3 Å². The van der Waals surface area contributed by atoms with Gasteiger partial charge in [-0.1, -0.05) is 32.6 Å². The van der Waals surface area contributed by atoms with Crippen molar-refractivity contribution in [1.29, 1.82) is 0 Å². The van der Waals surface area contributed by atoms with Crippen molar-refractivity contribution in [2.75, 3.05) is 0 Å². The molecule has 98 valence electrons. The summed E-state index contributed by atoms with van der Waals surface area (Å²) in [7, 11) is 0. The molecule has 0 radical (unpaired) electrons. The van der Waals surface area contributed by atoms with Crippen LogP contribution < -0.4 is 4.74 Å². The molecule has 0 saturated carbocycles. The SMILES string of the molecule is CCCCCCCC(=O)Oc1ccc(C=O)cc1. The molecule has 0 amide bonds. The largest absolute Gasteiger partial charge is 0.427 e. The fraction of sp³-hybridized carbons (Fsp3) is 0.467. The minimum atomic E-state index is -0.203. The molecule has 1 aromatic carbocycles. The summed E-state index contributed by atoms with van der Waals surface area (Å²) in [5.74, 6) is 0.296. The quantitative estimate of drug-likeness (QED) is 0.304. The van der Waals surface area contributed by atoms with Gasteiger partial charge in [0.1, 0.15) is 12.0 Å². The van der Waals surface area contributed by atoms with Crippen LogP contribution in [0.1, 0.15) is 55.8 Å². The van der Waals surface area contributed by atoms with Crippen LogP contribution in [0.25, 0.3) is 0 Å². The van der Waals surface area contributed by atoms with Crippen molar-refractivity contribution in [3.63, 3.8) is 0 Å². The summed E-state index contributed by atoms with van der Waals surface area (Å²) >= 11 is 0. The van der Waals surface area contributed by atoms with E-state index in [1.54, 1.807) is 24.3 Å². The first kappa shape index (κ1) is 14.4. The predicted molar refractivity (Wildman–Crippen MR) is 70.8 cm³/mol. The highest BCUT2D eigenvalue weighted by Gasteiger charge is 2.04. The average Bonchev–Trinajstić information content (AvgIpc) is 2.39. The van der Waals surface area contributed by atoms with E-state index in [0.717, 1.165) is 19.1 Å². The molecule has 3 heteroatoms. The number of carbonyl (C=O) groups excluding carboxylic acids is 2. The Morgan fingerprint density at radius 1 is 1.11 bits per heavy atom. The third-order valence-corrected chi connectivity index (χ3v) is 2.73. The third kappa shape index (κ3) is 5.62. The fourth-order valence-electron chi connectivity index (χ4n) is 1.67. The maximum Gasteiger partial charge on any atom is 0.311 e. The number of carbonyl (C=O) groups is 2. The Bertz CT molecular complexity index is 368. The highest BCUT2D eigenvalue weighted by atomic mass is 16.5. The summed E-state index contributed by atoms with van der Waals surface area (Å²) in [6.45, 7) is 2.16. The lowest BCUT2D eigenvalue weighted by molar-refractivity contribution is -0.134. The Kier molecular flexibility index (Phi) is 6.77. The Morgan fingerprint density at radius 2 is 1.78 bits per heavy atom. The second kappa shape index (κ2) is 8.45. The zero-order valence-corrected chi connectivity index (χ0v) is 10.9. The predicted octanol–water partition coefficient (Wildman–Crippen LogP) is 3.77. The molecule has 1 aromatic rings. The van der Waals surface area contributed by atoms with Crippen molar-refractivity contribution in [2.45, 2.75) is 45.4 Å². The summed E-state index contributed by atoms with van der Waals surface area (Å²) in [6, 6.07) is 6.55. The molecule has 0 aliphatic rings. The highest BCUT2D eigenvalue weighted by molar-refractivity contribution is 5.76. The number of ether oxygens (including phenoxy) is 1. The second-order valence-corrected chi connectivity index (χ2v) is 4.33. The van der Waals surface area contributed by atoms with Crippen molar-refractivity contribution in [1.82, 2.24) is 0 Å². The molecule has 0 spiro atoms. The van der Waals surface area contributed by atoms with Crippen LogP contribution in [0.5, 0.6) is 5.75 Å². The summed E-state index contributed by atoms with van der Waals surface area (Å²) in [5.41, 5.74) is 0.578. The lowest BCUT2D eigenvalue weighted by Gasteiger charge is -2.04. The first-order valence-corrected chi connectivity index (χ1v) is 6.52. The summed E-state index contributed by atoms with van der Waals surface area (Å²) in [5, 5.41) is 0. The maximum absolute atomic E-state index is 11.5. The first-order chi connectivity index (χ1) is 8.76. The van der Waals surface area contributed by atoms with Gasteiger partial charge >= 0.3 is 5.97 Å². The van der Waals surface area contributed by atoms with Crippen molar-refractivity contribution >= 4 is 12.3 Å². The van der Waals surface area contributed by atoms with Gasteiger partial charge in [-0.05, 0) is 30.7 Å². The number of aldehydes is 1. The molecule has 0 aromatic heterocycles. The summed E-state index contributed by atoms with van der Waals surface area (Å²) in [6.07, 6.45) is 6.78. The number of unbranched alkanes of at least 4 members (excludes halogenated alkanes) is 4. The minimum Gasteiger partial charge on any atom is -0.427 e. The van der Waals surface area contributed by atoms with Gasteiger partial charge in [0.2, 0.25) is 0 Å². The summed E-state index contributed by atoms with van der Waals surface area (Å²) < 4.78 is 5.17.